The summed E-state index contributed by atoms with van der Waals surface area (Å²) in [4.78, 5) is 31.3. The zero-order chi connectivity index (χ0) is 24.0. The zero-order valence-electron chi connectivity index (χ0n) is 19.1. The molecule has 1 N–H and O–H groups in total. The SMILES string of the molecule is Cc1c(C(=O)O)cccc1-c1ccc2c(c1)C(=O)N(c1cccc(-c3nncn3C(C)C)n1)C2. The van der Waals surface area contributed by atoms with E-state index in [1.54, 1.807) is 30.3 Å². The van der Waals surface area contributed by atoms with Gasteiger partial charge in [0.1, 0.15) is 17.8 Å². The summed E-state index contributed by atoms with van der Waals surface area (Å²) in [5, 5.41) is 17.7. The number of amides is 1. The number of carboxylic acids is 1. The van der Waals surface area contributed by atoms with Gasteiger partial charge in [-0.3, -0.25) is 9.69 Å². The van der Waals surface area contributed by atoms with Crippen molar-refractivity contribution in [2.75, 3.05) is 4.90 Å². The fraction of sp³-hybridized carbons (Fsp3) is 0.192. The number of benzene rings is 2. The molecule has 0 radical (unpaired) electrons. The molecule has 8 heteroatoms. The van der Waals surface area contributed by atoms with E-state index in [-0.39, 0.29) is 17.5 Å². The lowest BCUT2D eigenvalue weighted by molar-refractivity contribution is 0.0696. The molecular formula is C26H23N5O3. The smallest absolute Gasteiger partial charge is 0.335 e. The van der Waals surface area contributed by atoms with Crippen molar-refractivity contribution in [2.45, 2.75) is 33.4 Å². The zero-order valence-corrected chi connectivity index (χ0v) is 19.1. The van der Waals surface area contributed by atoms with Crippen molar-refractivity contribution in [1.29, 1.82) is 0 Å². The number of fused-ring (bicyclic) bond motifs is 1. The van der Waals surface area contributed by atoms with E-state index in [9.17, 15) is 14.7 Å². The van der Waals surface area contributed by atoms with Crippen molar-refractivity contribution in [1.82, 2.24) is 19.7 Å². The minimum atomic E-state index is -0.970. The number of hydrogen-bond donors (Lipinski definition) is 1. The van der Waals surface area contributed by atoms with Gasteiger partial charge >= 0.3 is 5.97 Å². The molecule has 0 saturated carbocycles. The van der Waals surface area contributed by atoms with E-state index < -0.39 is 5.97 Å². The van der Waals surface area contributed by atoms with Gasteiger partial charge in [0, 0.05) is 11.6 Å². The Bertz CT molecular complexity index is 1440. The highest BCUT2D eigenvalue weighted by Crippen LogP contribution is 2.33. The quantitative estimate of drug-likeness (QED) is 0.468. The van der Waals surface area contributed by atoms with Crippen LogP contribution < -0.4 is 4.90 Å². The number of carbonyl (C=O) groups excluding carboxylic acids is 1. The Balaban J connectivity index is 1.49. The van der Waals surface area contributed by atoms with Crippen molar-refractivity contribution in [2.24, 2.45) is 0 Å². The van der Waals surface area contributed by atoms with Crippen molar-refractivity contribution in [3.63, 3.8) is 0 Å². The lowest BCUT2D eigenvalue weighted by Gasteiger charge is -2.16. The van der Waals surface area contributed by atoms with Gasteiger partial charge in [-0.25, -0.2) is 9.78 Å². The minimum Gasteiger partial charge on any atom is -0.478 e. The van der Waals surface area contributed by atoms with Crippen molar-refractivity contribution in [3.8, 4) is 22.6 Å². The van der Waals surface area contributed by atoms with Gasteiger partial charge in [0.15, 0.2) is 5.82 Å². The summed E-state index contributed by atoms with van der Waals surface area (Å²) in [7, 11) is 0. The highest BCUT2D eigenvalue weighted by Gasteiger charge is 2.30. The average Bonchev–Trinajstić information content (AvgIpc) is 3.44. The maximum absolute atomic E-state index is 13.4. The van der Waals surface area contributed by atoms with Gasteiger partial charge in [0.05, 0.1) is 12.1 Å². The van der Waals surface area contributed by atoms with Gasteiger partial charge in [-0.1, -0.05) is 30.3 Å². The number of pyridine rings is 1. The van der Waals surface area contributed by atoms with Gasteiger partial charge < -0.3 is 9.67 Å². The number of aromatic nitrogens is 4. The topological polar surface area (TPSA) is 101 Å². The molecular weight excluding hydrogens is 430 g/mol. The molecule has 0 fully saturated rings. The van der Waals surface area contributed by atoms with Crippen molar-refractivity contribution >= 4 is 17.7 Å². The second-order valence-corrected chi connectivity index (χ2v) is 8.58. The molecule has 2 aromatic carbocycles. The van der Waals surface area contributed by atoms with E-state index in [2.05, 4.69) is 10.2 Å². The molecule has 170 valence electrons. The van der Waals surface area contributed by atoms with E-state index in [0.29, 0.717) is 35.0 Å². The first-order valence-corrected chi connectivity index (χ1v) is 11.0. The van der Waals surface area contributed by atoms with Crippen LogP contribution in [-0.2, 0) is 6.54 Å². The Morgan fingerprint density at radius 3 is 2.62 bits per heavy atom. The van der Waals surface area contributed by atoms with E-state index >= 15 is 0 Å². The number of carboxylic acid groups (broad SMARTS) is 1. The van der Waals surface area contributed by atoms with Gasteiger partial charge in [-0.2, -0.15) is 0 Å². The van der Waals surface area contributed by atoms with Crippen LogP contribution in [0.15, 0.2) is 60.9 Å². The third kappa shape index (κ3) is 3.53. The van der Waals surface area contributed by atoms with Crippen molar-refractivity contribution in [3.05, 3.63) is 83.2 Å². The third-order valence-electron chi connectivity index (χ3n) is 6.16. The molecule has 34 heavy (non-hydrogen) atoms. The second kappa shape index (κ2) is 8.22. The number of nitrogens with zero attached hydrogens (tertiary/aromatic N) is 5. The van der Waals surface area contributed by atoms with Gasteiger partial charge in [-0.15, -0.1) is 10.2 Å². The fourth-order valence-corrected chi connectivity index (χ4v) is 4.34. The van der Waals surface area contributed by atoms with Crippen LogP contribution in [0.25, 0.3) is 22.6 Å². The number of aromatic carboxylic acids is 1. The molecule has 3 heterocycles. The van der Waals surface area contributed by atoms with Crippen LogP contribution in [0.2, 0.25) is 0 Å². The standard InChI is InChI=1S/C26H23N5O3/c1-15(2)31-14-27-29-24(31)22-8-5-9-23(28-22)30-13-18-11-10-17(12-21(18)25(30)32)19-6-4-7-20(16(19)3)26(33)34/h4-12,14-15H,13H2,1-3H3,(H,33,34). The number of carbonyl (C=O) groups is 2. The molecule has 0 saturated heterocycles. The molecule has 0 aliphatic carbocycles. The minimum absolute atomic E-state index is 0.140. The Hall–Kier alpha value is -4.33. The molecule has 0 spiro atoms. The number of hydrogen-bond acceptors (Lipinski definition) is 5. The van der Waals surface area contributed by atoms with Crippen LogP contribution in [0.5, 0.6) is 0 Å². The van der Waals surface area contributed by atoms with Crippen LogP contribution in [0.3, 0.4) is 0 Å². The first-order valence-electron chi connectivity index (χ1n) is 11.0. The molecule has 0 unspecified atom stereocenters. The molecule has 1 amide bonds. The largest absolute Gasteiger partial charge is 0.478 e. The van der Waals surface area contributed by atoms with E-state index in [1.807, 2.05) is 60.9 Å². The maximum atomic E-state index is 13.4. The predicted octanol–water partition coefficient (Wildman–Crippen LogP) is 4.76. The van der Waals surface area contributed by atoms with E-state index in [1.165, 1.54) is 0 Å². The fourth-order valence-electron chi connectivity index (χ4n) is 4.34. The Labute approximate surface area is 196 Å². The summed E-state index contributed by atoms with van der Waals surface area (Å²) >= 11 is 0. The summed E-state index contributed by atoms with van der Waals surface area (Å²) in [5.74, 6) is 0.0839. The average molecular weight is 454 g/mol. The monoisotopic (exact) mass is 453 g/mol. The second-order valence-electron chi connectivity index (χ2n) is 8.58. The van der Waals surface area contributed by atoms with Crippen LogP contribution in [0, 0.1) is 6.92 Å². The maximum Gasteiger partial charge on any atom is 0.335 e. The molecule has 5 rings (SSSR count). The molecule has 0 bridgehead atoms. The summed E-state index contributed by atoms with van der Waals surface area (Å²) < 4.78 is 1.94. The van der Waals surface area contributed by atoms with Gasteiger partial charge in [0.2, 0.25) is 0 Å². The lowest BCUT2D eigenvalue weighted by Crippen LogP contribution is -2.24. The summed E-state index contributed by atoms with van der Waals surface area (Å²) in [6.45, 7) is 6.28. The van der Waals surface area contributed by atoms with E-state index in [0.717, 1.165) is 16.7 Å². The molecule has 8 nitrogen and oxygen atoms in total. The van der Waals surface area contributed by atoms with Crippen LogP contribution in [0.1, 0.15) is 51.7 Å². The summed E-state index contributed by atoms with van der Waals surface area (Å²) in [6.07, 6.45) is 1.67. The first-order chi connectivity index (χ1) is 16.3. The normalized spacial score (nSPS) is 12.9. The highest BCUT2D eigenvalue weighted by atomic mass is 16.4. The first kappa shape index (κ1) is 21.5. The van der Waals surface area contributed by atoms with Crippen LogP contribution >= 0.6 is 0 Å². The van der Waals surface area contributed by atoms with Gasteiger partial charge in [-0.05, 0) is 67.3 Å². The van der Waals surface area contributed by atoms with Gasteiger partial charge in [0.25, 0.3) is 5.91 Å². The van der Waals surface area contributed by atoms with Crippen LogP contribution in [0.4, 0.5) is 5.82 Å². The van der Waals surface area contributed by atoms with E-state index in [4.69, 9.17) is 4.98 Å². The number of rotatable bonds is 5. The molecule has 1 aliphatic rings. The van der Waals surface area contributed by atoms with Crippen molar-refractivity contribution < 1.29 is 14.7 Å². The molecule has 0 atom stereocenters. The number of anilines is 1. The van der Waals surface area contributed by atoms with Crippen LogP contribution in [-0.4, -0.2) is 36.7 Å². The highest BCUT2D eigenvalue weighted by molar-refractivity contribution is 6.10. The summed E-state index contributed by atoms with van der Waals surface area (Å²) in [5.41, 5.74) is 4.66. The third-order valence-corrected chi connectivity index (χ3v) is 6.16. The Morgan fingerprint density at radius 1 is 1.06 bits per heavy atom. The Morgan fingerprint density at radius 2 is 1.85 bits per heavy atom. The lowest BCUT2D eigenvalue weighted by atomic mass is 9.94. The molecule has 4 aromatic rings. The predicted molar refractivity (Wildman–Crippen MR) is 128 cm³/mol. The summed E-state index contributed by atoms with van der Waals surface area (Å²) in [6, 6.07) is 16.6. The Kier molecular flexibility index (Phi) is 5.20. The molecule has 1 aliphatic heterocycles. The molecule has 2 aromatic heterocycles.